The fourth-order valence-corrected chi connectivity index (χ4v) is 1.73. The average molecular weight is 293 g/mol. The fraction of sp³-hybridized carbons (Fsp3) is 0.273. The number of halogens is 4. The van der Waals surface area contributed by atoms with Crippen molar-refractivity contribution in [3.8, 4) is 0 Å². The zero-order valence-corrected chi connectivity index (χ0v) is 10.1. The van der Waals surface area contributed by atoms with Crippen LogP contribution in [0.4, 0.5) is 13.2 Å². The summed E-state index contributed by atoms with van der Waals surface area (Å²) in [6.45, 7) is 0. The summed E-state index contributed by atoms with van der Waals surface area (Å²) < 4.78 is 38.4. The molecule has 4 nitrogen and oxygen atoms in total. The highest BCUT2D eigenvalue weighted by Gasteiger charge is 2.61. The van der Waals surface area contributed by atoms with Crippen molar-refractivity contribution >= 4 is 23.7 Å². The van der Waals surface area contributed by atoms with Crippen LogP contribution in [0.5, 0.6) is 0 Å². The number of carbonyl (C=O) groups excluding carboxylic acids is 1. The molecular formula is C11H8ClF3N2O2. The molecule has 1 amide bonds. The topological polar surface area (TPSA) is 52.9 Å². The van der Waals surface area contributed by atoms with E-state index in [0.717, 1.165) is 6.21 Å². The SMILES string of the molecule is O=C(c1ccc(Cl)cc1)N1N=CCC1(O)C(F)(F)F. The summed E-state index contributed by atoms with van der Waals surface area (Å²) in [6.07, 6.45) is -4.94. The Labute approximate surface area is 111 Å². The Morgan fingerprint density at radius 1 is 1.37 bits per heavy atom. The van der Waals surface area contributed by atoms with Gasteiger partial charge in [0.2, 0.25) is 0 Å². The second-order valence-electron chi connectivity index (χ2n) is 3.94. The molecule has 0 bridgehead atoms. The third-order valence-electron chi connectivity index (χ3n) is 2.66. The standard InChI is InChI=1S/C11H8ClF3N2O2/c12-8-3-1-7(2-4-8)9(18)17-10(19,5-6-16-17)11(13,14)15/h1-4,6,19H,5H2. The monoisotopic (exact) mass is 292 g/mol. The lowest BCUT2D eigenvalue weighted by Gasteiger charge is -2.32. The van der Waals surface area contributed by atoms with E-state index in [1.54, 1.807) is 0 Å². The van der Waals surface area contributed by atoms with Crippen LogP contribution in [-0.4, -0.2) is 34.1 Å². The van der Waals surface area contributed by atoms with Gasteiger partial charge in [-0.25, -0.2) is 0 Å². The number of carbonyl (C=O) groups is 1. The minimum absolute atomic E-state index is 0.0379. The minimum atomic E-state index is -4.99. The smallest absolute Gasteiger partial charge is 0.362 e. The van der Waals surface area contributed by atoms with E-state index >= 15 is 0 Å². The lowest BCUT2D eigenvalue weighted by atomic mass is 10.1. The predicted molar refractivity (Wildman–Crippen MR) is 61.7 cm³/mol. The van der Waals surface area contributed by atoms with Crippen molar-refractivity contribution in [1.82, 2.24) is 5.01 Å². The first kappa shape index (κ1) is 13.8. The van der Waals surface area contributed by atoms with Gasteiger partial charge in [0.15, 0.2) is 0 Å². The first-order valence-corrected chi connectivity index (χ1v) is 5.55. The summed E-state index contributed by atoms with van der Waals surface area (Å²) in [6, 6.07) is 5.24. The molecule has 1 aliphatic heterocycles. The maximum Gasteiger partial charge on any atom is 0.438 e. The van der Waals surface area contributed by atoms with Gasteiger partial charge in [-0.05, 0) is 24.3 Å². The summed E-state index contributed by atoms with van der Waals surface area (Å²) in [5.74, 6) is -1.05. The Morgan fingerprint density at radius 2 is 1.95 bits per heavy atom. The van der Waals surface area contributed by atoms with Crippen LogP contribution >= 0.6 is 11.6 Å². The number of hydrogen-bond donors (Lipinski definition) is 1. The highest BCUT2D eigenvalue weighted by molar-refractivity contribution is 6.30. The van der Waals surface area contributed by atoms with Crippen LogP contribution in [0, 0.1) is 0 Å². The van der Waals surface area contributed by atoms with Gasteiger partial charge in [-0.2, -0.15) is 23.3 Å². The first-order valence-electron chi connectivity index (χ1n) is 5.17. The molecule has 0 aromatic heterocycles. The van der Waals surface area contributed by atoms with Crippen LogP contribution < -0.4 is 0 Å². The van der Waals surface area contributed by atoms with Crippen LogP contribution in [0.3, 0.4) is 0 Å². The van der Waals surface area contributed by atoms with Crippen molar-refractivity contribution in [3.63, 3.8) is 0 Å². The van der Waals surface area contributed by atoms with Gasteiger partial charge >= 0.3 is 6.18 Å². The Bertz CT molecular complexity index is 530. The number of aliphatic hydroxyl groups is 1. The maximum atomic E-state index is 12.8. The molecule has 19 heavy (non-hydrogen) atoms. The van der Waals surface area contributed by atoms with Crippen LogP contribution in [0.2, 0.25) is 5.02 Å². The van der Waals surface area contributed by atoms with Gasteiger partial charge in [0.1, 0.15) is 0 Å². The van der Waals surface area contributed by atoms with Crippen LogP contribution in [0.15, 0.2) is 29.4 Å². The number of nitrogens with zero attached hydrogens (tertiary/aromatic N) is 2. The molecule has 1 atom stereocenters. The van der Waals surface area contributed by atoms with E-state index in [-0.39, 0.29) is 10.6 Å². The molecule has 0 radical (unpaired) electrons. The van der Waals surface area contributed by atoms with Crippen molar-refractivity contribution in [1.29, 1.82) is 0 Å². The summed E-state index contributed by atoms with van der Waals surface area (Å²) >= 11 is 5.62. The van der Waals surface area contributed by atoms with E-state index in [0.29, 0.717) is 5.02 Å². The van der Waals surface area contributed by atoms with Crippen LogP contribution in [0.25, 0.3) is 0 Å². The number of benzene rings is 1. The van der Waals surface area contributed by atoms with Gasteiger partial charge in [0, 0.05) is 23.2 Å². The molecule has 0 saturated carbocycles. The van der Waals surface area contributed by atoms with E-state index in [1.807, 2.05) is 0 Å². The molecule has 1 unspecified atom stereocenters. The zero-order valence-electron chi connectivity index (χ0n) is 9.36. The number of alkyl halides is 3. The molecule has 1 heterocycles. The molecule has 1 aromatic rings. The van der Waals surface area contributed by atoms with E-state index in [4.69, 9.17) is 11.6 Å². The van der Waals surface area contributed by atoms with Crippen molar-refractivity contribution in [2.45, 2.75) is 18.3 Å². The zero-order chi connectivity index (χ0) is 14.3. The van der Waals surface area contributed by atoms with Gasteiger partial charge in [0.05, 0.1) is 0 Å². The Morgan fingerprint density at radius 3 is 2.47 bits per heavy atom. The van der Waals surface area contributed by atoms with Crippen molar-refractivity contribution < 1.29 is 23.1 Å². The van der Waals surface area contributed by atoms with Crippen molar-refractivity contribution in [2.24, 2.45) is 5.10 Å². The number of hydrazone groups is 1. The van der Waals surface area contributed by atoms with Gasteiger partial charge in [0.25, 0.3) is 11.6 Å². The average Bonchev–Trinajstić information content (AvgIpc) is 2.72. The summed E-state index contributed by atoms with van der Waals surface area (Å²) in [5.41, 5.74) is -3.35. The second-order valence-corrected chi connectivity index (χ2v) is 4.38. The van der Waals surface area contributed by atoms with E-state index < -0.39 is 24.2 Å². The van der Waals surface area contributed by atoms with Gasteiger partial charge in [-0.15, -0.1) is 0 Å². The highest BCUT2D eigenvalue weighted by atomic mass is 35.5. The fourth-order valence-electron chi connectivity index (χ4n) is 1.60. The van der Waals surface area contributed by atoms with E-state index in [1.165, 1.54) is 24.3 Å². The van der Waals surface area contributed by atoms with Gasteiger partial charge in [-0.1, -0.05) is 11.6 Å². The second kappa shape index (κ2) is 4.50. The minimum Gasteiger partial charge on any atom is -0.362 e. The van der Waals surface area contributed by atoms with Crippen molar-refractivity contribution in [3.05, 3.63) is 34.9 Å². The molecule has 8 heteroatoms. The quantitative estimate of drug-likeness (QED) is 0.864. The number of hydrogen-bond acceptors (Lipinski definition) is 3. The van der Waals surface area contributed by atoms with Crippen molar-refractivity contribution in [2.75, 3.05) is 0 Å². The molecule has 1 N–H and O–H groups in total. The predicted octanol–water partition coefficient (Wildman–Crippen LogP) is 2.42. The summed E-state index contributed by atoms with van der Waals surface area (Å²) in [5, 5.41) is 13.3. The van der Waals surface area contributed by atoms with E-state index in [9.17, 15) is 23.1 Å². The van der Waals surface area contributed by atoms with Crippen LogP contribution in [-0.2, 0) is 0 Å². The molecule has 0 spiro atoms. The molecule has 2 rings (SSSR count). The summed E-state index contributed by atoms with van der Waals surface area (Å²) in [7, 11) is 0. The third kappa shape index (κ3) is 2.31. The first-order chi connectivity index (χ1) is 8.75. The molecule has 1 aromatic carbocycles. The Kier molecular flexibility index (Phi) is 3.27. The van der Waals surface area contributed by atoms with E-state index in [2.05, 4.69) is 5.10 Å². The number of amides is 1. The lowest BCUT2D eigenvalue weighted by molar-refractivity contribution is -0.297. The third-order valence-corrected chi connectivity index (χ3v) is 2.91. The normalized spacial score (nSPS) is 22.9. The molecule has 102 valence electrons. The molecule has 0 fully saturated rings. The van der Waals surface area contributed by atoms with Gasteiger partial charge < -0.3 is 5.11 Å². The maximum absolute atomic E-state index is 12.8. The highest BCUT2D eigenvalue weighted by Crippen LogP contribution is 2.39. The van der Waals surface area contributed by atoms with Crippen LogP contribution in [0.1, 0.15) is 16.8 Å². The Balaban J connectivity index is 2.33. The largest absolute Gasteiger partial charge is 0.438 e. The Hall–Kier alpha value is -1.60. The number of rotatable bonds is 1. The molecule has 0 aliphatic carbocycles. The lowest BCUT2D eigenvalue weighted by Crippen LogP contribution is -2.56. The molecule has 1 aliphatic rings. The van der Waals surface area contributed by atoms with Gasteiger partial charge in [-0.3, -0.25) is 4.79 Å². The molecular weight excluding hydrogens is 285 g/mol. The molecule has 0 saturated heterocycles. The summed E-state index contributed by atoms with van der Waals surface area (Å²) in [4.78, 5) is 11.9.